The number of thiophene rings is 1. The summed E-state index contributed by atoms with van der Waals surface area (Å²) in [4.78, 5) is 3.90. The van der Waals surface area contributed by atoms with Crippen molar-refractivity contribution in [3.63, 3.8) is 0 Å². The molecule has 0 bridgehead atoms. The van der Waals surface area contributed by atoms with Crippen LogP contribution in [0.25, 0.3) is 0 Å². The summed E-state index contributed by atoms with van der Waals surface area (Å²) in [6.07, 6.45) is 0. The Morgan fingerprint density at radius 1 is 1.62 bits per heavy atom. The van der Waals surface area contributed by atoms with Crippen LogP contribution in [0, 0.1) is 6.92 Å². The minimum absolute atomic E-state index is 0.554. The van der Waals surface area contributed by atoms with Gasteiger partial charge in [0.2, 0.25) is 0 Å². The summed E-state index contributed by atoms with van der Waals surface area (Å²) >= 11 is 1.87. The molecule has 1 N–H and O–H groups in total. The Labute approximate surface area is 83.6 Å². The molecule has 0 aromatic carbocycles. The molecular weight excluding hydrogens is 180 g/mol. The first-order valence-electron chi connectivity index (χ1n) is 4.73. The minimum atomic E-state index is 0.554. The Hall–Kier alpha value is -0.380. The van der Waals surface area contributed by atoms with Crippen molar-refractivity contribution in [3.8, 4) is 0 Å². The number of piperazine rings is 1. The number of nitrogens with zero attached hydrogens (tertiary/aromatic N) is 1. The largest absolute Gasteiger partial charge is 0.307 e. The first-order valence-corrected chi connectivity index (χ1v) is 5.61. The zero-order valence-electron chi connectivity index (χ0n) is 8.21. The Morgan fingerprint density at radius 3 is 3.08 bits per heavy atom. The number of hydrogen-bond donors (Lipinski definition) is 1. The fourth-order valence-electron chi connectivity index (χ4n) is 1.81. The zero-order valence-corrected chi connectivity index (χ0v) is 9.03. The molecule has 1 fully saturated rings. The van der Waals surface area contributed by atoms with Gasteiger partial charge in [0.15, 0.2) is 0 Å². The first kappa shape index (κ1) is 9.19. The van der Waals surface area contributed by atoms with Gasteiger partial charge in [0, 0.05) is 24.5 Å². The lowest BCUT2D eigenvalue weighted by molar-refractivity contribution is 0.242. The first-order chi connectivity index (χ1) is 6.27. The molecule has 1 aliphatic heterocycles. The summed E-state index contributed by atoms with van der Waals surface area (Å²) in [5.41, 5.74) is 1.43. The standard InChI is InChI=1S/C10H16N2S/c1-8-3-6-13-10(8)9-7-12(2)5-4-11-9/h3,6,9,11H,4-5,7H2,1-2H3. The summed E-state index contributed by atoms with van der Waals surface area (Å²) in [6.45, 7) is 5.61. The molecule has 0 radical (unpaired) electrons. The van der Waals surface area contributed by atoms with Gasteiger partial charge in [-0.1, -0.05) is 0 Å². The van der Waals surface area contributed by atoms with E-state index in [1.54, 1.807) is 0 Å². The molecule has 13 heavy (non-hydrogen) atoms. The highest BCUT2D eigenvalue weighted by Crippen LogP contribution is 2.25. The third-order valence-corrected chi connectivity index (χ3v) is 3.73. The second-order valence-electron chi connectivity index (χ2n) is 3.74. The molecule has 1 saturated heterocycles. The number of hydrogen-bond acceptors (Lipinski definition) is 3. The Balaban J connectivity index is 2.12. The highest BCUT2D eigenvalue weighted by atomic mass is 32.1. The van der Waals surface area contributed by atoms with E-state index in [2.05, 4.69) is 35.6 Å². The van der Waals surface area contributed by atoms with E-state index in [1.807, 2.05) is 11.3 Å². The van der Waals surface area contributed by atoms with E-state index in [9.17, 15) is 0 Å². The Kier molecular flexibility index (Phi) is 2.67. The summed E-state index contributed by atoms with van der Waals surface area (Å²) in [5.74, 6) is 0. The molecule has 1 aromatic rings. The van der Waals surface area contributed by atoms with Crippen molar-refractivity contribution in [1.29, 1.82) is 0 Å². The average molecular weight is 196 g/mol. The Bertz CT molecular complexity index is 282. The molecule has 1 aliphatic rings. The van der Waals surface area contributed by atoms with Gasteiger partial charge >= 0.3 is 0 Å². The lowest BCUT2D eigenvalue weighted by atomic mass is 10.1. The predicted octanol–water partition coefficient (Wildman–Crippen LogP) is 1.63. The molecule has 1 atom stereocenters. The molecule has 0 spiro atoms. The molecule has 0 aliphatic carbocycles. The second-order valence-corrected chi connectivity index (χ2v) is 4.68. The van der Waals surface area contributed by atoms with Gasteiger partial charge in [-0.15, -0.1) is 11.3 Å². The summed E-state index contributed by atoms with van der Waals surface area (Å²) in [5, 5.41) is 5.74. The molecule has 2 nitrogen and oxygen atoms in total. The van der Waals surface area contributed by atoms with E-state index in [0.717, 1.165) is 13.1 Å². The summed E-state index contributed by atoms with van der Waals surface area (Å²) in [6, 6.07) is 2.76. The summed E-state index contributed by atoms with van der Waals surface area (Å²) < 4.78 is 0. The maximum absolute atomic E-state index is 3.56. The van der Waals surface area contributed by atoms with Crippen LogP contribution >= 0.6 is 11.3 Å². The zero-order chi connectivity index (χ0) is 9.26. The van der Waals surface area contributed by atoms with E-state index in [-0.39, 0.29) is 0 Å². The van der Waals surface area contributed by atoms with Crippen molar-refractivity contribution in [2.24, 2.45) is 0 Å². The number of aryl methyl sites for hydroxylation is 1. The monoisotopic (exact) mass is 196 g/mol. The molecule has 3 heteroatoms. The van der Waals surface area contributed by atoms with Gasteiger partial charge in [0.25, 0.3) is 0 Å². The smallest absolute Gasteiger partial charge is 0.0547 e. The van der Waals surface area contributed by atoms with Crippen molar-refractivity contribution in [2.75, 3.05) is 26.7 Å². The van der Waals surface area contributed by atoms with Gasteiger partial charge in [-0.25, -0.2) is 0 Å². The quantitative estimate of drug-likeness (QED) is 0.734. The molecule has 72 valence electrons. The SMILES string of the molecule is Cc1ccsc1C1CN(C)CCN1. The molecule has 2 rings (SSSR count). The number of nitrogens with one attached hydrogen (secondary N) is 1. The lowest BCUT2D eigenvalue weighted by Gasteiger charge is -2.30. The third-order valence-electron chi connectivity index (χ3n) is 2.60. The van der Waals surface area contributed by atoms with Crippen molar-refractivity contribution in [2.45, 2.75) is 13.0 Å². The average Bonchev–Trinajstić information content (AvgIpc) is 2.51. The van der Waals surface area contributed by atoms with Gasteiger partial charge in [0.1, 0.15) is 0 Å². The van der Waals surface area contributed by atoms with Crippen LogP contribution < -0.4 is 5.32 Å². The maximum Gasteiger partial charge on any atom is 0.0547 e. The molecule has 0 saturated carbocycles. The highest BCUT2D eigenvalue weighted by Gasteiger charge is 2.20. The highest BCUT2D eigenvalue weighted by molar-refractivity contribution is 7.10. The van der Waals surface area contributed by atoms with Crippen LogP contribution in [0.5, 0.6) is 0 Å². The van der Waals surface area contributed by atoms with Crippen LogP contribution in [-0.2, 0) is 0 Å². The van der Waals surface area contributed by atoms with Gasteiger partial charge in [0.05, 0.1) is 6.04 Å². The molecule has 0 amide bonds. The minimum Gasteiger partial charge on any atom is -0.307 e. The fraction of sp³-hybridized carbons (Fsp3) is 0.600. The molecule has 1 aromatic heterocycles. The van der Waals surface area contributed by atoms with Gasteiger partial charge < -0.3 is 10.2 Å². The topological polar surface area (TPSA) is 15.3 Å². The van der Waals surface area contributed by atoms with Crippen LogP contribution in [0.15, 0.2) is 11.4 Å². The van der Waals surface area contributed by atoms with Crippen LogP contribution in [0.3, 0.4) is 0 Å². The van der Waals surface area contributed by atoms with E-state index in [0.29, 0.717) is 6.04 Å². The van der Waals surface area contributed by atoms with Crippen LogP contribution in [0.4, 0.5) is 0 Å². The normalized spacial score (nSPS) is 24.9. The molecule has 1 unspecified atom stereocenters. The predicted molar refractivity (Wildman–Crippen MR) is 57.3 cm³/mol. The number of rotatable bonds is 1. The van der Waals surface area contributed by atoms with Crippen molar-refractivity contribution in [3.05, 3.63) is 21.9 Å². The second kappa shape index (κ2) is 3.78. The number of likely N-dealkylation sites (N-methyl/N-ethyl adjacent to an activating group) is 1. The van der Waals surface area contributed by atoms with E-state index in [1.165, 1.54) is 17.0 Å². The van der Waals surface area contributed by atoms with E-state index < -0.39 is 0 Å². The molecule has 2 heterocycles. The van der Waals surface area contributed by atoms with Crippen LogP contribution in [-0.4, -0.2) is 31.6 Å². The van der Waals surface area contributed by atoms with Crippen molar-refractivity contribution >= 4 is 11.3 Å². The fourth-order valence-corrected chi connectivity index (χ4v) is 2.81. The maximum atomic E-state index is 3.56. The summed E-state index contributed by atoms with van der Waals surface area (Å²) in [7, 11) is 2.19. The van der Waals surface area contributed by atoms with Gasteiger partial charge in [-0.3, -0.25) is 0 Å². The lowest BCUT2D eigenvalue weighted by Crippen LogP contribution is -2.43. The van der Waals surface area contributed by atoms with E-state index in [4.69, 9.17) is 0 Å². The van der Waals surface area contributed by atoms with E-state index >= 15 is 0 Å². The van der Waals surface area contributed by atoms with Gasteiger partial charge in [-0.05, 0) is 31.0 Å². The molecular formula is C10H16N2S. The van der Waals surface area contributed by atoms with Crippen molar-refractivity contribution in [1.82, 2.24) is 10.2 Å². The van der Waals surface area contributed by atoms with Crippen LogP contribution in [0.2, 0.25) is 0 Å². The third kappa shape index (κ3) is 1.93. The van der Waals surface area contributed by atoms with Gasteiger partial charge in [-0.2, -0.15) is 0 Å². The Morgan fingerprint density at radius 2 is 2.46 bits per heavy atom. The van der Waals surface area contributed by atoms with Crippen molar-refractivity contribution < 1.29 is 0 Å². The van der Waals surface area contributed by atoms with Crippen LogP contribution in [0.1, 0.15) is 16.5 Å².